The Morgan fingerprint density at radius 3 is 2.46 bits per heavy atom. The molecule has 0 bridgehead atoms. The Hall–Kier alpha value is -2.91. The molecule has 1 aliphatic rings. The van der Waals surface area contributed by atoms with Gasteiger partial charge in [-0.3, -0.25) is 4.98 Å². The van der Waals surface area contributed by atoms with E-state index in [0.29, 0.717) is 16.2 Å². The highest BCUT2D eigenvalue weighted by molar-refractivity contribution is 9.11. The zero-order chi connectivity index (χ0) is 26.3. The van der Waals surface area contributed by atoms with Gasteiger partial charge in [-0.15, -0.1) is 0 Å². The summed E-state index contributed by atoms with van der Waals surface area (Å²) >= 11 is 3.41. The number of hydrazine groups is 1. The molecule has 8 heteroatoms. The monoisotopic (exact) mass is 563 g/mol. The van der Waals surface area contributed by atoms with E-state index >= 15 is 0 Å². The molecule has 4 aromatic rings. The number of ether oxygens (including phenoxy) is 1. The van der Waals surface area contributed by atoms with Crippen molar-refractivity contribution in [2.75, 3.05) is 20.3 Å². The lowest BCUT2D eigenvalue weighted by atomic mass is 9.86. The van der Waals surface area contributed by atoms with Crippen molar-refractivity contribution in [1.82, 2.24) is 14.6 Å². The molecule has 0 unspecified atom stereocenters. The van der Waals surface area contributed by atoms with Crippen LogP contribution in [0.15, 0.2) is 65.4 Å². The molecule has 1 saturated heterocycles. The fourth-order valence-electron chi connectivity index (χ4n) is 5.54. The van der Waals surface area contributed by atoms with Crippen LogP contribution in [0.5, 0.6) is 0 Å². The minimum Gasteiger partial charge on any atom is -0.391 e. The first-order valence-electron chi connectivity index (χ1n) is 12.6. The van der Waals surface area contributed by atoms with Gasteiger partial charge in [0.25, 0.3) is 0 Å². The molecular formula is C29H34BrN5O2. The van der Waals surface area contributed by atoms with Crippen molar-refractivity contribution in [2.24, 2.45) is 17.5 Å². The van der Waals surface area contributed by atoms with Crippen LogP contribution < -0.4 is 11.6 Å². The first kappa shape index (κ1) is 25.7. The average molecular weight is 565 g/mol. The molecule has 5 rings (SSSR count). The summed E-state index contributed by atoms with van der Waals surface area (Å²) in [5.41, 5.74) is 11.7. The van der Waals surface area contributed by atoms with Crippen LogP contribution in [0.2, 0.25) is 0 Å². The maximum atomic E-state index is 10.9. The van der Waals surface area contributed by atoms with Gasteiger partial charge in [-0.25, -0.2) is 5.84 Å². The lowest BCUT2D eigenvalue weighted by molar-refractivity contribution is 0.0552. The lowest BCUT2D eigenvalue weighted by Gasteiger charge is -2.33. The second kappa shape index (κ2) is 10.1. The highest BCUT2D eigenvalue weighted by atomic mass is 79.9. The van der Waals surface area contributed by atoms with Gasteiger partial charge >= 0.3 is 0 Å². The highest BCUT2D eigenvalue weighted by Gasteiger charge is 2.31. The second-order valence-corrected chi connectivity index (χ2v) is 11.2. The number of rotatable bonds is 6. The Bertz CT molecular complexity index is 1450. The molecule has 194 valence electrons. The third-order valence-corrected chi connectivity index (χ3v) is 7.71. The maximum Gasteiger partial charge on any atom is 0.101 e. The van der Waals surface area contributed by atoms with E-state index in [0.717, 1.165) is 59.1 Å². The summed E-state index contributed by atoms with van der Waals surface area (Å²) < 4.78 is 8.59. The smallest absolute Gasteiger partial charge is 0.101 e. The van der Waals surface area contributed by atoms with Gasteiger partial charge in [-0.05, 0) is 71.8 Å². The van der Waals surface area contributed by atoms with Gasteiger partial charge in [0.2, 0.25) is 0 Å². The molecule has 0 amide bonds. The van der Waals surface area contributed by atoms with Crippen molar-refractivity contribution < 1.29 is 9.84 Å². The third-order valence-electron chi connectivity index (χ3n) is 7.33. The van der Waals surface area contributed by atoms with Gasteiger partial charge in [0, 0.05) is 37.4 Å². The number of hydrogen-bond acceptors (Lipinski definition) is 6. The zero-order valence-electron chi connectivity index (χ0n) is 21.5. The topological polar surface area (TPSA) is 103 Å². The average Bonchev–Trinajstić information content (AvgIpc) is 3.18. The molecule has 1 aliphatic heterocycles. The first-order chi connectivity index (χ1) is 17.7. The van der Waals surface area contributed by atoms with Crippen molar-refractivity contribution >= 4 is 43.6 Å². The normalized spacial score (nSPS) is 16.7. The van der Waals surface area contributed by atoms with E-state index in [-0.39, 0.29) is 6.04 Å². The minimum absolute atomic E-state index is 0.0589. The number of nitrogens with two attached hydrogens (primary N) is 2. The highest BCUT2D eigenvalue weighted by Crippen LogP contribution is 2.41. The molecule has 1 atom stereocenters. The van der Waals surface area contributed by atoms with E-state index in [9.17, 15) is 5.11 Å². The fraction of sp³-hybridized carbons (Fsp3) is 0.345. The summed E-state index contributed by atoms with van der Waals surface area (Å²) in [4.78, 5) is 4.93. The van der Waals surface area contributed by atoms with E-state index in [1.807, 2.05) is 26.1 Å². The Morgan fingerprint density at radius 1 is 1.14 bits per heavy atom. The number of nitrogens with zero attached hydrogens (tertiary/aromatic N) is 3. The molecule has 7 nitrogen and oxygen atoms in total. The molecule has 0 radical (unpaired) electrons. The molecule has 2 aromatic heterocycles. The van der Waals surface area contributed by atoms with Crippen LogP contribution in [-0.4, -0.2) is 39.9 Å². The van der Waals surface area contributed by atoms with Gasteiger partial charge in [0.15, 0.2) is 0 Å². The summed E-state index contributed by atoms with van der Waals surface area (Å²) in [6.07, 6.45) is 3.74. The van der Waals surface area contributed by atoms with Gasteiger partial charge < -0.3 is 25.2 Å². The number of aliphatic hydroxyl groups is 1. The summed E-state index contributed by atoms with van der Waals surface area (Å²) in [5.74, 6) is 6.52. The quantitative estimate of drug-likeness (QED) is 0.169. The predicted molar refractivity (Wildman–Crippen MR) is 153 cm³/mol. The van der Waals surface area contributed by atoms with Crippen LogP contribution in [0.3, 0.4) is 0 Å². The van der Waals surface area contributed by atoms with Crippen LogP contribution in [0, 0.1) is 5.92 Å². The summed E-state index contributed by atoms with van der Waals surface area (Å²) in [6.45, 7) is 5.12. The fourth-order valence-corrected chi connectivity index (χ4v) is 6.05. The molecule has 37 heavy (non-hydrogen) atoms. The van der Waals surface area contributed by atoms with Crippen LogP contribution in [0.4, 0.5) is 0 Å². The number of pyridine rings is 1. The molecule has 1 fully saturated rings. The summed E-state index contributed by atoms with van der Waals surface area (Å²) in [7, 11) is 1.76. The van der Waals surface area contributed by atoms with E-state index in [1.165, 1.54) is 10.6 Å². The number of benzene rings is 2. The van der Waals surface area contributed by atoms with Gasteiger partial charge in [0.1, 0.15) is 4.61 Å². The van der Waals surface area contributed by atoms with Crippen molar-refractivity contribution in [3.05, 3.63) is 82.1 Å². The largest absolute Gasteiger partial charge is 0.391 e. The zero-order valence-corrected chi connectivity index (χ0v) is 23.1. The number of hydrogen-bond donors (Lipinski definition) is 3. The first-order valence-corrected chi connectivity index (χ1v) is 13.4. The minimum atomic E-state index is -0.975. The van der Waals surface area contributed by atoms with Gasteiger partial charge in [0.05, 0.1) is 33.9 Å². The maximum absolute atomic E-state index is 10.9. The van der Waals surface area contributed by atoms with E-state index in [2.05, 4.69) is 69.0 Å². The molecular weight excluding hydrogens is 530 g/mol. The van der Waals surface area contributed by atoms with Crippen LogP contribution in [0.1, 0.15) is 49.4 Å². The summed E-state index contributed by atoms with van der Waals surface area (Å²) in [5, 5.41) is 13.4. The molecule has 0 aliphatic carbocycles. The van der Waals surface area contributed by atoms with Gasteiger partial charge in [-0.2, -0.15) is 0 Å². The van der Waals surface area contributed by atoms with Crippen molar-refractivity contribution in [3.63, 3.8) is 0 Å². The second-order valence-electron chi connectivity index (χ2n) is 10.4. The van der Waals surface area contributed by atoms with Crippen LogP contribution >= 0.6 is 15.9 Å². The molecule has 5 N–H and O–H groups in total. The number of fused-ring (bicyclic) bond motifs is 3. The number of aromatic nitrogens is 2. The SMILES string of the molecule is CN(N)/C(=C(\N)Br)c1cnc2c3ccc(C(C)(C)O)cc3n([C@H](c3ccccc3)C3CCOCC3)c2c1. The Labute approximate surface area is 225 Å². The van der Waals surface area contributed by atoms with Crippen molar-refractivity contribution in [3.8, 4) is 0 Å². The Kier molecular flexibility index (Phi) is 7.02. The molecule has 0 saturated carbocycles. The third kappa shape index (κ3) is 4.86. The molecule has 3 heterocycles. The van der Waals surface area contributed by atoms with Gasteiger partial charge in [-0.1, -0.05) is 42.5 Å². The van der Waals surface area contributed by atoms with E-state index < -0.39 is 5.60 Å². The molecule has 0 spiro atoms. The van der Waals surface area contributed by atoms with Crippen LogP contribution in [0.25, 0.3) is 27.6 Å². The molecule has 2 aromatic carbocycles. The lowest BCUT2D eigenvalue weighted by Crippen LogP contribution is -2.27. The standard InChI is InChI=1S/C29H34BrN5O2/c1-29(2,36)21-9-10-22-23(16-21)35(24-15-20(17-33-25(22)24)27(28(30)31)34(3)32)26(18-7-5-4-6-8-18)19-11-13-37-14-12-19/h4-10,15-17,19,26,36H,11-14,31-32H2,1-3H3/b28-27-/t26-/m1/s1. The Morgan fingerprint density at radius 2 is 1.84 bits per heavy atom. The van der Waals surface area contributed by atoms with Crippen LogP contribution in [-0.2, 0) is 10.3 Å². The number of halogens is 1. The predicted octanol–water partition coefficient (Wildman–Crippen LogP) is 5.22. The van der Waals surface area contributed by atoms with Crippen molar-refractivity contribution in [2.45, 2.75) is 38.3 Å². The van der Waals surface area contributed by atoms with E-state index in [4.69, 9.17) is 21.3 Å². The summed E-state index contributed by atoms with van der Waals surface area (Å²) in [6, 6.07) is 19.0. The Balaban J connectivity index is 1.87. The van der Waals surface area contributed by atoms with Crippen molar-refractivity contribution in [1.29, 1.82) is 0 Å². The van der Waals surface area contributed by atoms with E-state index in [1.54, 1.807) is 7.05 Å².